The summed E-state index contributed by atoms with van der Waals surface area (Å²) in [7, 11) is 0. The Labute approximate surface area is 133 Å². The molecular formula is C16H17ClN4O. The number of nitrogens with one attached hydrogen (secondary N) is 1. The molecule has 3 aromatic rings. The molecule has 0 amide bonds. The van der Waals surface area contributed by atoms with Crippen LogP contribution in [0.3, 0.4) is 0 Å². The van der Waals surface area contributed by atoms with Crippen molar-refractivity contribution in [1.29, 1.82) is 0 Å². The van der Waals surface area contributed by atoms with Crippen molar-refractivity contribution in [2.45, 2.75) is 26.2 Å². The highest BCUT2D eigenvalue weighted by molar-refractivity contribution is 6.33. The maximum Gasteiger partial charge on any atom is 0.252 e. The molecule has 0 fully saturated rings. The quantitative estimate of drug-likeness (QED) is 0.676. The Morgan fingerprint density at radius 2 is 2.05 bits per heavy atom. The van der Waals surface area contributed by atoms with Crippen molar-refractivity contribution in [3.05, 3.63) is 35.6 Å². The van der Waals surface area contributed by atoms with E-state index < -0.39 is 0 Å². The summed E-state index contributed by atoms with van der Waals surface area (Å²) in [5.74, 6) is 1.15. The molecule has 6 heteroatoms. The van der Waals surface area contributed by atoms with Crippen LogP contribution in [0.25, 0.3) is 22.7 Å². The number of rotatable bonds is 6. The molecule has 2 heterocycles. The molecule has 5 nitrogen and oxygen atoms in total. The lowest BCUT2D eigenvalue weighted by Crippen LogP contribution is -2.04. The molecule has 0 saturated heterocycles. The number of aromatic nitrogens is 3. The van der Waals surface area contributed by atoms with E-state index >= 15 is 0 Å². The number of halogens is 1. The van der Waals surface area contributed by atoms with E-state index in [4.69, 9.17) is 16.0 Å². The monoisotopic (exact) mass is 316 g/mol. The first kappa shape index (κ1) is 14.8. The predicted octanol–water partition coefficient (Wildman–Crippen LogP) is 4.54. The van der Waals surface area contributed by atoms with Gasteiger partial charge in [0.15, 0.2) is 11.3 Å². The van der Waals surface area contributed by atoms with Crippen molar-refractivity contribution in [2.75, 3.05) is 11.9 Å². The molecule has 114 valence electrons. The minimum atomic E-state index is 0.456. The Kier molecular flexibility index (Phi) is 4.53. The number of hydrogen-bond acceptors (Lipinski definition) is 5. The highest BCUT2D eigenvalue weighted by Gasteiger charge is 2.15. The topological polar surface area (TPSA) is 63.8 Å². The van der Waals surface area contributed by atoms with Gasteiger partial charge in [0.1, 0.15) is 6.33 Å². The first-order valence-corrected chi connectivity index (χ1v) is 7.77. The van der Waals surface area contributed by atoms with Gasteiger partial charge in [-0.2, -0.15) is 4.98 Å². The number of anilines is 1. The lowest BCUT2D eigenvalue weighted by Gasteiger charge is -2.03. The Balaban J connectivity index is 1.91. The van der Waals surface area contributed by atoms with Crippen LogP contribution in [-0.4, -0.2) is 21.5 Å². The van der Waals surface area contributed by atoms with Crippen molar-refractivity contribution in [3.63, 3.8) is 0 Å². The second-order valence-corrected chi connectivity index (χ2v) is 5.42. The van der Waals surface area contributed by atoms with E-state index in [0.29, 0.717) is 28.0 Å². The van der Waals surface area contributed by atoms with E-state index in [0.717, 1.165) is 18.5 Å². The summed E-state index contributed by atoms with van der Waals surface area (Å²) < 4.78 is 5.72. The minimum absolute atomic E-state index is 0.456. The van der Waals surface area contributed by atoms with E-state index in [1.54, 1.807) is 6.07 Å². The fourth-order valence-electron chi connectivity index (χ4n) is 2.22. The number of hydrogen-bond donors (Lipinski definition) is 1. The maximum atomic E-state index is 6.19. The summed E-state index contributed by atoms with van der Waals surface area (Å²) in [4.78, 5) is 12.9. The van der Waals surface area contributed by atoms with Gasteiger partial charge in [-0.3, -0.25) is 0 Å². The van der Waals surface area contributed by atoms with Gasteiger partial charge in [0.05, 0.1) is 10.6 Å². The molecule has 1 N–H and O–H groups in total. The van der Waals surface area contributed by atoms with E-state index in [2.05, 4.69) is 27.2 Å². The molecule has 0 bridgehead atoms. The Bertz CT molecular complexity index is 772. The first-order valence-electron chi connectivity index (χ1n) is 7.40. The summed E-state index contributed by atoms with van der Waals surface area (Å²) in [5, 5.41) is 3.89. The molecule has 0 unspecified atom stereocenters. The number of fused-ring (bicyclic) bond motifs is 1. The fraction of sp³-hybridized carbons (Fsp3) is 0.312. The Hall–Kier alpha value is -2.14. The van der Waals surface area contributed by atoms with Gasteiger partial charge < -0.3 is 9.73 Å². The summed E-state index contributed by atoms with van der Waals surface area (Å²) in [6, 6.07) is 7.44. The van der Waals surface area contributed by atoms with Gasteiger partial charge in [0, 0.05) is 6.54 Å². The maximum absolute atomic E-state index is 6.19. The predicted molar refractivity (Wildman–Crippen MR) is 88.1 cm³/mol. The molecule has 22 heavy (non-hydrogen) atoms. The van der Waals surface area contributed by atoms with Crippen LogP contribution in [0, 0.1) is 0 Å². The lowest BCUT2D eigenvalue weighted by atomic mass is 10.2. The first-order chi connectivity index (χ1) is 10.8. The van der Waals surface area contributed by atoms with Crippen LogP contribution in [0.5, 0.6) is 0 Å². The Morgan fingerprint density at radius 3 is 2.86 bits per heavy atom. The molecule has 0 spiro atoms. The van der Waals surface area contributed by atoms with Crippen molar-refractivity contribution >= 4 is 28.6 Å². The third-order valence-corrected chi connectivity index (χ3v) is 3.70. The van der Waals surface area contributed by atoms with Crippen LogP contribution in [0.4, 0.5) is 5.82 Å². The van der Waals surface area contributed by atoms with Crippen LogP contribution in [0.15, 0.2) is 35.0 Å². The molecule has 0 aliphatic heterocycles. The molecule has 0 atom stereocenters. The third kappa shape index (κ3) is 3.04. The van der Waals surface area contributed by atoms with Crippen LogP contribution >= 0.6 is 11.6 Å². The van der Waals surface area contributed by atoms with Crippen LogP contribution < -0.4 is 5.32 Å². The van der Waals surface area contributed by atoms with Gasteiger partial charge in [-0.25, -0.2) is 9.97 Å². The van der Waals surface area contributed by atoms with E-state index in [1.807, 2.05) is 18.2 Å². The second-order valence-electron chi connectivity index (χ2n) is 5.01. The summed E-state index contributed by atoms with van der Waals surface area (Å²) >= 11 is 6.19. The standard InChI is InChI=1S/C16H17ClN4O/c1-2-3-6-9-18-14-13-16(20-10-19-14)22-15(21-13)11-7-4-5-8-12(11)17/h4-5,7-8,10H,2-3,6,9H2,1H3,(H,18,19,20). The smallest absolute Gasteiger partial charge is 0.252 e. The summed E-state index contributed by atoms with van der Waals surface area (Å²) in [6.07, 6.45) is 4.94. The number of benzene rings is 1. The van der Waals surface area contributed by atoms with Gasteiger partial charge in [0.25, 0.3) is 5.71 Å². The van der Waals surface area contributed by atoms with Gasteiger partial charge in [-0.05, 0) is 18.6 Å². The van der Waals surface area contributed by atoms with E-state index in [9.17, 15) is 0 Å². The highest BCUT2D eigenvalue weighted by atomic mass is 35.5. The number of nitrogens with zero attached hydrogens (tertiary/aromatic N) is 3. The highest BCUT2D eigenvalue weighted by Crippen LogP contribution is 2.30. The van der Waals surface area contributed by atoms with Gasteiger partial charge in [0.2, 0.25) is 5.89 Å². The molecule has 0 aliphatic rings. The van der Waals surface area contributed by atoms with Crippen molar-refractivity contribution in [2.24, 2.45) is 0 Å². The molecule has 0 aliphatic carbocycles. The largest absolute Gasteiger partial charge is 0.417 e. The van der Waals surface area contributed by atoms with Crippen molar-refractivity contribution in [3.8, 4) is 11.5 Å². The van der Waals surface area contributed by atoms with Crippen molar-refractivity contribution in [1.82, 2.24) is 15.0 Å². The van der Waals surface area contributed by atoms with Crippen LogP contribution in [0.1, 0.15) is 26.2 Å². The zero-order valence-electron chi connectivity index (χ0n) is 12.3. The van der Waals surface area contributed by atoms with Gasteiger partial charge in [-0.1, -0.05) is 43.5 Å². The fourth-order valence-corrected chi connectivity index (χ4v) is 2.43. The molecule has 0 saturated carbocycles. The van der Waals surface area contributed by atoms with Gasteiger partial charge in [-0.15, -0.1) is 0 Å². The lowest BCUT2D eigenvalue weighted by molar-refractivity contribution is 0.607. The average molecular weight is 317 g/mol. The molecule has 0 radical (unpaired) electrons. The van der Waals surface area contributed by atoms with E-state index in [1.165, 1.54) is 19.2 Å². The summed E-state index contributed by atoms with van der Waals surface area (Å²) in [5.41, 5.74) is 1.84. The van der Waals surface area contributed by atoms with Crippen LogP contribution in [0.2, 0.25) is 5.02 Å². The van der Waals surface area contributed by atoms with E-state index in [-0.39, 0.29) is 0 Å². The normalized spacial score (nSPS) is 11.0. The van der Waals surface area contributed by atoms with Crippen LogP contribution in [-0.2, 0) is 0 Å². The molecule has 3 rings (SSSR count). The molecular weight excluding hydrogens is 300 g/mol. The third-order valence-electron chi connectivity index (χ3n) is 3.37. The second kappa shape index (κ2) is 6.75. The van der Waals surface area contributed by atoms with Gasteiger partial charge >= 0.3 is 0 Å². The molecule has 2 aromatic heterocycles. The van der Waals surface area contributed by atoms with Crippen molar-refractivity contribution < 1.29 is 4.42 Å². The molecule has 1 aromatic carbocycles. The summed E-state index contributed by atoms with van der Waals surface area (Å²) in [6.45, 7) is 3.03. The zero-order valence-corrected chi connectivity index (χ0v) is 13.1. The average Bonchev–Trinajstić information content (AvgIpc) is 2.96. The minimum Gasteiger partial charge on any atom is -0.417 e. The number of oxazole rings is 1. The zero-order chi connectivity index (χ0) is 15.4. The Morgan fingerprint density at radius 1 is 1.18 bits per heavy atom. The number of unbranched alkanes of at least 4 members (excludes halogenated alkanes) is 2. The SMILES string of the molecule is CCCCCNc1ncnc2oc(-c3ccccc3Cl)nc12.